The molecule has 2 unspecified atom stereocenters. The number of nitrogens with one attached hydrogen (secondary N) is 1. The second kappa shape index (κ2) is 4.25. The first-order valence-electron chi connectivity index (χ1n) is 6.87. The van der Waals surface area contributed by atoms with Crippen LogP contribution in [-0.2, 0) is 0 Å². The lowest BCUT2D eigenvalue weighted by Gasteiger charge is -2.47. The third-order valence-corrected chi connectivity index (χ3v) is 4.52. The quantitative estimate of drug-likeness (QED) is 0.737. The fraction of sp³-hybridized carbons (Fsp3) is 0.600. The van der Waals surface area contributed by atoms with Gasteiger partial charge < -0.3 is 15.8 Å². The molecule has 3 atom stereocenters. The third-order valence-electron chi connectivity index (χ3n) is 4.52. The second-order valence-corrected chi connectivity index (χ2v) is 5.87. The zero-order valence-electron chi connectivity index (χ0n) is 11.2. The monoisotopic (exact) mass is 246 g/mol. The van der Waals surface area contributed by atoms with Crippen molar-refractivity contribution in [1.82, 2.24) is 5.32 Å². The van der Waals surface area contributed by atoms with Crippen LogP contribution in [-0.4, -0.2) is 18.7 Å². The van der Waals surface area contributed by atoms with E-state index in [1.54, 1.807) is 0 Å². The number of rotatable bonds is 0. The van der Waals surface area contributed by atoms with Crippen LogP contribution in [0.25, 0.3) is 0 Å². The number of fused-ring (bicyclic) bond motifs is 1. The molecule has 0 saturated carbocycles. The molecule has 0 radical (unpaired) electrons. The van der Waals surface area contributed by atoms with Crippen LogP contribution in [0.3, 0.4) is 0 Å². The second-order valence-electron chi connectivity index (χ2n) is 5.87. The summed E-state index contributed by atoms with van der Waals surface area (Å²) >= 11 is 0. The molecule has 0 amide bonds. The van der Waals surface area contributed by atoms with E-state index < -0.39 is 0 Å². The molecule has 0 aromatic heterocycles. The maximum Gasteiger partial charge on any atom is 0.124 e. The van der Waals surface area contributed by atoms with Gasteiger partial charge in [0.1, 0.15) is 11.4 Å². The molecular formula is C15H22N2O. The van der Waals surface area contributed by atoms with Crippen LogP contribution in [0.1, 0.15) is 36.9 Å². The predicted octanol–water partition coefficient (Wildman–Crippen LogP) is 2.15. The minimum absolute atomic E-state index is 0.0626. The van der Waals surface area contributed by atoms with Crippen molar-refractivity contribution in [2.24, 2.45) is 11.7 Å². The molecule has 2 aliphatic heterocycles. The number of nitrogens with two attached hydrogens (primary N) is 1. The van der Waals surface area contributed by atoms with E-state index in [-0.39, 0.29) is 11.6 Å². The van der Waals surface area contributed by atoms with Crippen molar-refractivity contribution >= 4 is 0 Å². The lowest BCUT2D eigenvalue weighted by atomic mass is 9.75. The lowest BCUT2D eigenvalue weighted by Crippen LogP contribution is -2.55. The number of hydrogen-bond acceptors (Lipinski definition) is 3. The van der Waals surface area contributed by atoms with E-state index in [0.717, 1.165) is 31.7 Å². The van der Waals surface area contributed by atoms with Crippen LogP contribution in [0.2, 0.25) is 0 Å². The van der Waals surface area contributed by atoms with E-state index in [2.05, 4.69) is 37.4 Å². The molecule has 18 heavy (non-hydrogen) atoms. The van der Waals surface area contributed by atoms with Crippen molar-refractivity contribution in [3.8, 4) is 5.75 Å². The van der Waals surface area contributed by atoms with Crippen molar-refractivity contribution in [3.63, 3.8) is 0 Å². The first-order valence-corrected chi connectivity index (χ1v) is 6.87. The average molecular weight is 246 g/mol. The molecule has 3 heteroatoms. The summed E-state index contributed by atoms with van der Waals surface area (Å²) in [6.45, 7) is 6.41. The van der Waals surface area contributed by atoms with Gasteiger partial charge in [-0.15, -0.1) is 0 Å². The summed E-state index contributed by atoms with van der Waals surface area (Å²) in [5, 5.41) is 3.43. The summed E-state index contributed by atoms with van der Waals surface area (Å²) in [5.41, 5.74) is 8.74. The number of aryl methyl sites for hydroxylation is 1. The maximum absolute atomic E-state index is 6.38. The lowest BCUT2D eigenvalue weighted by molar-refractivity contribution is -0.0335. The van der Waals surface area contributed by atoms with Crippen LogP contribution >= 0.6 is 0 Å². The maximum atomic E-state index is 6.38. The van der Waals surface area contributed by atoms with Crippen molar-refractivity contribution in [2.75, 3.05) is 13.1 Å². The van der Waals surface area contributed by atoms with E-state index in [0.29, 0.717) is 5.92 Å². The Morgan fingerprint density at radius 1 is 1.44 bits per heavy atom. The molecule has 2 aliphatic rings. The van der Waals surface area contributed by atoms with E-state index in [4.69, 9.17) is 10.5 Å². The van der Waals surface area contributed by atoms with E-state index in [9.17, 15) is 0 Å². The number of ether oxygens (including phenoxy) is 1. The number of benzene rings is 1. The zero-order chi connectivity index (χ0) is 12.8. The topological polar surface area (TPSA) is 47.3 Å². The first-order chi connectivity index (χ1) is 8.61. The summed E-state index contributed by atoms with van der Waals surface area (Å²) in [6, 6.07) is 6.46. The molecule has 1 fully saturated rings. The number of hydrogen-bond donors (Lipinski definition) is 2. The Bertz CT molecular complexity index is 460. The number of piperidine rings is 1. The highest BCUT2D eigenvalue weighted by Crippen LogP contribution is 2.44. The normalized spacial score (nSPS) is 35.1. The van der Waals surface area contributed by atoms with Crippen LogP contribution in [0.15, 0.2) is 18.2 Å². The van der Waals surface area contributed by atoms with Gasteiger partial charge in [0.05, 0.1) is 0 Å². The van der Waals surface area contributed by atoms with Crippen LogP contribution in [0, 0.1) is 12.8 Å². The molecule has 3 nitrogen and oxygen atoms in total. The van der Waals surface area contributed by atoms with E-state index in [1.165, 1.54) is 11.1 Å². The molecule has 3 N–H and O–H groups in total. The Morgan fingerprint density at radius 2 is 2.28 bits per heavy atom. The zero-order valence-corrected chi connectivity index (χ0v) is 11.2. The smallest absolute Gasteiger partial charge is 0.124 e. The summed E-state index contributed by atoms with van der Waals surface area (Å²) in [6.07, 6.45) is 1.99. The van der Waals surface area contributed by atoms with Crippen LogP contribution < -0.4 is 15.8 Å². The summed E-state index contributed by atoms with van der Waals surface area (Å²) < 4.78 is 6.38. The minimum Gasteiger partial charge on any atom is -0.486 e. The summed E-state index contributed by atoms with van der Waals surface area (Å²) in [4.78, 5) is 0. The highest BCUT2D eigenvalue weighted by Gasteiger charge is 2.45. The van der Waals surface area contributed by atoms with Crippen LogP contribution in [0.5, 0.6) is 5.75 Å². The minimum atomic E-state index is -0.0626. The van der Waals surface area contributed by atoms with Crippen molar-refractivity contribution in [2.45, 2.75) is 38.3 Å². The fourth-order valence-corrected chi connectivity index (χ4v) is 3.30. The molecule has 3 rings (SSSR count). The van der Waals surface area contributed by atoms with Gasteiger partial charge in [0, 0.05) is 30.5 Å². The Kier molecular flexibility index (Phi) is 2.83. The van der Waals surface area contributed by atoms with Crippen molar-refractivity contribution in [3.05, 3.63) is 29.3 Å². The van der Waals surface area contributed by atoms with E-state index >= 15 is 0 Å². The Hall–Kier alpha value is -1.06. The molecule has 1 saturated heterocycles. The molecule has 1 spiro atoms. The average Bonchev–Trinajstić information content (AvgIpc) is 2.34. The Morgan fingerprint density at radius 3 is 3.06 bits per heavy atom. The fourth-order valence-electron chi connectivity index (χ4n) is 3.30. The molecule has 0 aliphatic carbocycles. The van der Waals surface area contributed by atoms with Gasteiger partial charge in [-0.1, -0.05) is 24.6 Å². The standard InChI is InChI=1S/C15H22N2O/c1-10-3-4-14-12(7-10)13(16)8-15(18-14)5-6-17-9-11(15)2/h3-4,7,11,13,17H,5-6,8-9,16H2,1-2H3/t11?,13-,15?/m0/s1. The molecule has 0 bridgehead atoms. The van der Waals surface area contributed by atoms with Gasteiger partial charge in [-0.25, -0.2) is 0 Å². The van der Waals surface area contributed by atoms with Gasteiger partial charge in [-0.2, -0.15) is 0 Å². The Labute approximate surface area is 109 Å². The molecule has 1 aromatic rings. The van der Waals surface area contributed by atoms with Crippen molar-refractivity contribution in [1.29, 1.82) is 0 Å². The Balaban J connectivity index is 1.98. The molecule has 98 valence electrons. The van der Waals surface area contributed by atoms with Gasteiger partial charge in [0.2, 0.25) is 0 Å². The van der Waals surface area contributed by atoms with Gasteiger partial charge in [0.15, 0.2) is 0 Å². The van der Waals surface area contributed by atoms with Gasteiger partial charge in [-0.05, 0) is 26.0 Å². The third kappa shape index (κ3) is 1.82. The van der Waals surface area contributed by atoms with E-state index in [1.807, 2.05) is 0 Å². The molecule has 2 heterocycles. The van der Waals surface area contributed by atoms with Crippen molar-refractivity contribution < 1.29 is 4.74 Å². The van der Waals surface area contributed by atoms with Gasteiger partial charge in [-0.3, -0.25) is 0 Å². The summed E-state index contributed by atoms with van der Waals surface area (Å²) in [5.74, 6) is 1.50. The highest BCUT2D eigenvalue weighted by atomic mass is 16.5. The molecular weight excluding hydrogens is 224 g/mol. The largest absolute Gasteiger partial charge is 0.486 e. The SMILES string of the molecule is Cc1ccc2c(c1)[C@@H](N)CC1(CCNCC1C)O2. The predicted molar refractivity (Wildman–Crippen MR) is 72.7 cm³/mol. The highest BCUT2D eigenvalue weighted by molar-refractivity contribution is 5.41. The molecule has 1 aromatic carbocycles. The van der Waals surface area contributed by atoms with Gasteiger partial charge in [0.25, 0.3) is 0 Å². The van der Waals surface area contributed by atoms with Gasteiger partial charge >= 0.3 is 0 Å². The first kappa shape index (κ1) is 12.0. The summed E-state index contributed by atoms with van der Waals surface area (Å²) in [7, 11) is 0. The van der Waals surface area contributed by atoms with Crippen LogP contribution in [0.4, 0.5) is 0 Å².